The predicted molar refractivity (Wildman–Crippen MR) is 35.0 cm³/mol. The first-order chi connectivity index (χ1) is 4.09. The molecule has 1 atom stereocenters. The second-order valence-electron chi connectivity index (χ2n) is 2.43. The molecule has 0 aromatic carbocycles. The highest BCUT2D eigenvalue weighted by atomic mass is 19.1. The van der Waals surface area contributed by atoms with Gasteiger partial charge in [0, 0.05) is 5.92 Å². The van der Waals surface area contributed by atoms with Gasteiger partial charge in [0.2, 0.25) is 0 Å². The number of rotatable bonds is 3. The van der Waals surface area contributed by atoms with Crippen molar-refractivity contribution >= 4 is 5.78 Å². The fourth-order valence-electron chi connectivity index (χ4n) is 0.563. The number of carbonyl (C=O) groups is 1. The summed E-state index contributed by atoms with van der Waals surface area (Å²) in [7, 11) is 0. The smallest absolute Gasteiger partial charge is 0.169 e. The molecule has 0 heterocycles. The van der Waals surface area contributed by atoms with E-state index in [9.17, 15) is 9.18 Å². The maximum atomic E-state index is 12.4. The number of carbonyl (C=O) groups excluding carboxylic acids is 1. The molecule has 1 nitrogen and oxygen atoms in total. The van der Waals surface area contributed by atoms with Crippen LogP contribution in [-0.2, 0) is 4.79 Å². The molecule has 0 aliphatic heterocycles. The third kappa shape index (κ3) is 2.59. The van der Waals surface area contributed by atoms with E-state index in [1.165, 1.54) is 0 Å². The molecule has 0 saturated heterocycles. The van der Waals surface area contributed by atoms with Crippen LogP contribution in [0, 0.1) is 5.92 Å². The van der Waals surface area contributed by atoms with E-state index in [1.807, 2.05) is 0 Å². The van der Waals surface area contributed by atoms with Gasteiger partial charge in [0.05, 0.1) is 0 Å². The lowest BCUT2D eigenvalue weighted by atomic mass is 10.0. The number of hydrogen-bond acceptors (Lipinski definition) is 1. The van der Waals surface area contributed by atoms with E-state index in [2.05, 4.69) is 0 Å². The summed E-state index contributed by atoms with van der Waals surface area (Å²) in [5.74, 6) is -0.447. The first-order valence-electron chi connectivity index (χ1n) is 3.27. The molecule has 0 aliphatic carbocycles. The van der Waals surface area contributed by atoms with Crippen LogP contribution in [-0.4, -0.2) is 12.0 Å². The van der Waals surface area contributed by atoms with Crippen LogP contribution >= 0.6 is 0 Å². The highest BCUT2D eigenvalue weighted by molar-refractivity contribution is 5.84. The monoisotopic (exact) mass is 132 g/mol. The van der Waals surface area contributed by atoms with Crippen molar-refractivity contribution in [3.8, 4) is 0 Å². The SMILES string of the molecule is CCC(F)C(=O)C(C)C. The van der Waals surface area contributed by atoms with E-state index in [0.717, 1.165) is 0 Å². The molecule has 54 valence electrons. The van der Waals surface area contributed by atoms with E-state index in [-0.39, 0.29) is 11.7 Å². The second kappa shape index (κ2) is 3.59. The predicted octanol–water partition coefficient (Wildman–Crippen LogP) is 1.96. The number of ketones is 1. The number of hydrogen-bond donors (Lipinski definition) is 0. The van der Waals surface area contributed by atoms with Crippen LogP contribution in [0.3, 0.4) is 0 Å². The molecule has 1 unspecified atom stereocenters. The lowest BCUT2D eigenvalue weighted by molar-refractivity contribution is -0.126. The Morgan fingerprint density at radius 1 is 1.56 bits per heavy atom. The van der Waals surface area contributed by atoms with E-state index in [4.69, 9.17) is 0 Å². The lowest BCUT2D eigenvalue weighted by Crippen LogP contribution is -2.19. The van der Waals surface area contributed by atoms with Crippen LogP contribution in [0.4, 0.5) is 4.39 Å². The first kappa shape index (κ1) is 8.60. The zero-order valence-electron chi connectivity index (χ0n) is 6.15. The van der Waals surface area contributed by atoms with Crippen LogP contribution in [0.5, 0.6) is 0 Å². The molecule has 0 aromatic heterocycles. The summed E-state index contributed by atoms with van der Waals surface area (Å²) in [5, 5.41) is 0. The summed E-state index contributed by atoms with van der Waals surface area (Å²) in [6, 6.07) is 0. The molecule has 0 rings (SSSR count). The Labute approximate surface area is 55.3 Å². The molecule has 0 amide bonds. The van der Waals surface area contributed by atoms with E-state index >= 15 is 0 Å². The summed E-state index contributed by atoms with van der Waals surface area (Å²) in [6.07, 6.45) is -0.943. The molecular weight excluding hydrogens is 119 g/mol. The standard InChI is InChI=1S/C7H13FO/c1-4-6(8)7(9)5(2)3/h5-6H,4H2,1-3H3. The van der Waals surface area contributed by atoms with Gasteiger partial charge >= 0.3 is 0 Å². The van der Waals surface area contributed by atoms with Crippen molar-refractivity contribution in [2.45, 2.75) is 33.4 Å². The quantitative estimate of drug-likeness (QED) is 0.573. The van der Waals surface area contributed by atoms with Gasteiger partial charge in [-0.15, -0.1) is 0 Å². The first-order valence-corrected chi connectivity index (χ1v) is 3.27. The van der Waals surface area contributed by atoms with Gasteiger partial charge in [0.1, 0.15) is 0 Å². The average Bonchev–Trinajstić information content (AvgIpc) is 1.84. The number of alkyl halides is 1. The van der Waals surface area contributed by atoms with Gasteiger partial charge < -0.3 is 0 Å². The Balaban J connectivity index is 3.73. The summed E-state index contributed by atoms with van der Waals surface area (Å²) in [5.41, 5.74) is 0. The summed E-state index contributed by atoms with van der Waals surface area (Å²) < 4.78 is 12.4. The zero-order chi connectivity index (χ0) is 7.44. The van der Waals surface area contributed by atoms with Crippen LogP contribution in [0.15, 0.2) is 0 Å². The second-order valence-corrected chi connectivity index (χ2v) is 2.43. The van der Waals surface area contributed by atoms with Crippen molar-refractivity contribution in [2.75, 3.05) is 0 Å². The van der Waals surface area contributed by atoms with Gasteiger partial charge in [-0.3, -0.25) is 4.79 Å². The minimum atomic E-state index is -1.25. The van der Waals surface area contributed by atoms with Gasteiger partial charge in [0.25, 0.3) is 0 Å². The molecular formula is C7H13FO. The van der Waals surface area contributed by atoms with Gasteiger partial charge in [-0.2, -0.15) is 0 Å². The molecule has 0 aliphatic rings. The molecule has 2 heteroatoms. The van der Waals surface area contributed by atoms with Crippen molar-refractivity contribution in [3.05, 3.63) is 0 Å². The topological polar surface area (TPSA) is 17.1 Å². The van der Waals surface area contributed by atoms with E-state index in [0.29, 0.717) is 6.42 Å². The van der Waals surface area contributed by atoms with Crippen molar-refractivity contribution in [1.29, 1.82) is 0 Å². The van der Waals surface area contributed by atoms with Crippen LogP contribution in [0.2, 0.25) is 0 Å². The van der Waals surface area contributed by atoms with Crippen molar-refractivity contribution < 1.29 is 9.18 Å². The molecule has 0 aromatic rings. The summed E-state index contributed by atoms with van der Waals surface area (Å²) in [6.45, 7) is 5.10. The van der Waals surface area contributed by atoms with Gasteiger partial charge in [0.15, 0.2) is 12.0 Å². The summed E-state index contributed by atoms with van der Waals surface area (Å²) in [4.78, 5) is 10.7. The third-order valence-corrected chi connectivity index (χ3v) is 1.24. The van der Waals surface area contributed by atoms with Gasteiger partial charge in [-0.1, -0.05) is 20.8 Å². The molecule has 0 N–H and O–H groups in total. The Hall–Kier alpha value is -0.400. The number of halogens is 1. The van der Waals surface area contributed by atoms with Crippen LogP contribution in [0.1, 0.15) is 27.2 Å². The normalized spacial score (nSPS) is 13.9. The minimum Gasteiger partial charge on any atom is -0.296 e. The van der Waals surface area contributed by atoms with Crippen molar-refractivity contribution in [1.82, 2.24) is 0 Å². The Bertz CT molecular complexity index is 99.1. The third-order valence-electron chi connectivity index (χ3n) is 1.24. The van der Waals surface area contributed by atoms with Gasteiger partial charge in [-0.25, -0.2) is 4.39 Å². The average molecular weight is 132 g/mol. The Morgan fingerprint density at radius 2 is 2.00 bits per heavy atom. The van der Waals surface area contributed by atoms with E-state index in [1.54, 1.807) is 20.8 Å². The molecule has 0 saturated carbocycles. The highest BCUT2D eigenvalue weighted by Gasteiger charge is 2.17. The maximum absolute atomic E-state index is 12.4. The minimum absolute atomic E-state index is 0.167. The maximum Gasteiger partial charge on any atom is 0.169 e. The summed E-state index contributed by atoms with van der Waals surface area (Å²) >= 11 is 0. The largest absolute Gasteiger partial charge is 0.296 e. The fourth-order valence-corrected chi connectivity index (χ4v) is 0.563. The number of Topliss-reactive ketones (excluding diaryl/α,β-unsaturated/α-hetero) is 1. The molecule has 0 spiro atoms. The van der Waals surface area contributed by atoms with Crippen molar-refractivity contribution in [3.63, 3.8) is 0 Å². The Morgan fingerprint density at radius 3 is 2.11 bits per heavy atom. The zero-order valence-corrected chi connectivity index (χ0v) is 6.15. The van der Waals surface area contributed by atoms with Crippen LogP contribution in [0.25, 0.3) is 0 Å². The van der Waals surface area contributed by atoms with Gasteiger partial charge in [-0.05, 0) is 6.42 Å². The molecule has 0 fully saturated rings. The molecule has 0 radical (unpaired) electrons. The molecule has 0 bridgehead atoms. The molecule has 9 heavy (non-hydrogen) atoms. The van der Waals surface area contributed by atoms with E-state index < -0.39 is 6.17 Å². The lowest BCUT2D eigenvalue weighted by Gasteiger charge is -2.05. The highest BCUT2D eigenvalue weighted by Crippen LogP contribution is 2.05. The van der Waals surface area contributed by atoms with Crippen molar-refractivity contribution in [2.24, 2.45) is 5.92 Å². The fraction of sp³-hybridized carbons (Fsp3) is 0.857. The Kier molecular flexibility index (Phi) is 3.43. The van der Waals surface area contributed by atoms with Crippen LogP contribution < -0.4 is 0 Å².